The minimum absolute atomic E-state index is 0.407. The van der Waals surface area contributed by atoms with Crippen molar-refractivity contribution in [1.29, 1.82) is 10.5 Å². The molecule has 0 aromatic heterocycles. The van der Waals surface area contributed by atoms with Crippen molar-refractivity contribution in [3.05, 3.63) is 190 Å². The number of aliphatic imine (C=N–C) groups is 1. The highest BCUT2D eigenvalue weighted by Gasteiger charge is 2.26. The van der Waals surface area contributed by atoms with Crippen molar-refractivity contribution < 1.29 is 9.59 Å². The number of carbonyl (C=O) groups is 2. The van der Waals surface area contributed by atoms with Gasteiger partial charge in [-0.2, -0.15) is 10.5 Å². The summed E-state index contributed by atoms with van der Waals surface area (Å²) in [6.45, 7) is 3.88. The minimum atomic E-state index is -0.424. The molecule has 0 saturated heterocycles. The first-order chi connectivity index (χ1) is 24.8. The van der Waals surface area contributed by atoms with Gasteiger partial charge in [-0.05, 0) is 108 Å². The summed E-state index contributed by atoms with van der Waals surface area (Å²) in [4.78, 5) is 33.1. The molecule has 0 aliphatic rings. The lowest BCUT2D eigenvalue weighted by molar-refractivity contribution is 0.0897. The summed E-state index contributed by atoms with van der Waals surface area (Å²) < 4.78 is 0. The van der Waals surface area contributed by atoms with Crippen molar-refractivity contribution in [3.63, 3.8) is 0 Å². The van der Waals surface area contributed by atoms with E-state index >= 15 is 0 Å². The van der Waals surface area contributed by atoms with Crippen molar-refractivity contribution >= 4 is 41.1 Å². The fourth-order valence-electron chi connectivity index (χ4n) is 5.42. The van der Waals surface area contributed by atoms with Gasteiger partial charge in [0.2, 0.25) is 0 Å². The number of amides is 2. The van der Waals surface area contributed by atoms with Crippen molar-refractivity contribution in [2.75, 3.05) is 4.90 Å². The number of nitriles is 2. The van der Waals surface area contributed by atoms with Crippen LogP contribution in [0.15, 0.2) is 151 Å². The first kappa shape index (κ1) is 33.7. The van der Waals surface area contributed by atoms with Gasteiger partial charge in [-0.3, -0.25) is 14.6 Å². The average molecular weight is 661 g/mol. The van der Waals surface area contributed by atoms with Gasteiger partial charge in [-0.25, -0.2) is 4.90 Å². The molecule has 0 unspecified atom stereocenters. The van der Waals surface area contributed by atoms with Gasteiger partial charge in [0.15, 0.2) is 0 Å². The maximum absolute atomic E-state index is 13.7. The fourth-order valence-corrected chi connectivity index (χ4v) is 5.42. The van der Waals surface area contributed by atoms with Gasteiger partial charge in [0.05, 0.1) is 34.6 Å². The van der Waals surface area contributed by atoms with Crippen molar-refractivity contribution in [2.24, 2.45) is 4.99 Å². The molecule has 0 radical (unpaired) electrons. The highest BCUT2D eigenvalue weighted by molar-refractivity contribution is 6.25. The monoisotopic (exact) mass is 660 g/mol. The predicted molar refractivity (Wildman–Crippen MR) is 204 cm³/mol. The van der Waals surface area contributed by atoms with Gasteiger partial charge in [0.1, 0.15) is 0 Å². The average Bonchev–Trinajstić information content (AvgIpc) is 3.18. The van der Waals surface area contributed by atoms with E-state index < -0.39 is 11.8 Å². The number of hydrogen-bond acceptors (Lipinski definition) is 5. The van der Waals surface area contributed by atoms with Gasteiger partial charge in [-0.15, -0.1) is 0 Å². The highest BCUT2D eigenvalue weighted by Crippen LogP contribution is 2.26. The molecule has 0 saturated carbocycles. The third kappa shape index (κ3) is 8.12. The summed E-state index contributed by atoms with van der Waals surface area (Å²) in [6, 6.07) is 48.6. The van der Waals surface area contributed by atoms with Gasteiger partial charge in [0.25, 0.3) is 11.8 Å². The lowest BCUT2D eigenvalue weighted by atomic mass is 9.99. The zero-order valence-electron chi connectivity index (χ0n) is 28.1. The Morgan fingerprint density at radius 1 is 0.569 bits per heavy atom. The SMILES string of the molecule is Cc1ccc(C(=O)N(C(=O)c2ccc(C)cc2)c2ccc(/C=C(\C#N)c3ccc(-c4ccc(C=Nc5ccc(C#N)cc5)cc4)cc3)cc2)cc1. The number of carbonyl (C=O) groups excluding carboxylic acids is 2. The van der Waals surface area contributed by atoms with Crippen LogP contribution in [0, 0.1) is 36.5 Å². The van der Waals surface area contributed by atoms with E-state index in [2.05, 4.69) is 17.1 Å². The molecular formula is C45H32N4O2. The fraction of sp³-hybridized carbons (Fsp3) is 0.0444. The number of aryl methyl sites for hydroxylation is 2. The van der Waals surface area contributed by atoms with Gasteiger partial charge in [-0.1, -0.05) is 96.1 Å². The second kappa shape index (κ2) is 15.4. The van der Waals surface area contributed by atoms with Crippen LogP contribution < -0.4 is 4.90 Å². The Morgan fingerprint density at radius 2 is 1.04 bits per heavy atom. The number of rotatable bonds is 8. The summed E-state index contributed by atoms with van der Waals surface area (Å²) in [5, 5.41) is 19.0. The normalized spacial score (nSPS) is 11.1. The van der Waals surface area contributed by atoms with Crippen LogP contribution in [0.25, 0.3) is 22.8 Å². The summed E-state index contributed by atoms with van der Waals surface area (Å²) in [6.07, 6.45) is 3.57. The van der Waals surface area contributed by atoms with Gasteiger partial charge in [0, 0.05) is 17.3 Å². The van der Waals surface area contributed by atoms with Gasteiger partial charge < -0.3 is 0 Å². The highest BCUT2D eigenvalue weighted by atomic mass is 16.2. The summed E-state index contributed by atoms with van der Waals surface area (Å²) in [5.41, 5.74) is 9.62. The molecule has 0 N–H and O–H groups in total. The standard InChI is InChI=1S/C45H32N4O2/c1-31-3-13-39(14-4-31)44(50)49(45(51)40-15-5-32(2)6-16-40)43-25-11-33(12-26-43)27-41(29-47)38-21-19-37(20-22-38)36-17-7-35(8-18-36)30-48-42-23-9-34(28-46)10-24-42/h3-27,30H,1-2H3/b41-27+,48-30?. The molecular weight excluding hydrogens is 629 g/mol. The second-order valence-corrected chi connectivity index (χ2v) is 12.1. The molecule has 6 nitrogen and oxygen atoms in total. The molecule has 0 fully saturated rings. The van der Waals surface area contributed by atoms with E-state index in [-0.39, 0.29) is 0 Å². The maximum Gasteiger partial charge on any atom is 0.265 e. The Labute approximate surface area is 297 Å². The van der Waals surface area contributed by atoms with E-state index in [1.54, 1.807) is 73.0 Å². The molecule has 6 aromatic carbocycles. The van der Waals surface area contributed by atoms with Crippen molar-refractivity contribution in [1.82, 2.24) is 0 Å². The third-order valence-electron chi connectivity index (χ3n) is 8.38. The quantitative estimate of drug-likeness (QED) is 0.0702. The summed E-state index contributed by atoms with van der Waals surface area (Å²) in [5.74, 6) is -0.847. The van der Waals surface area contributed by atoms with Crippen molar-refractivity contribution in [2.45, 2.75) is 13.8 Å². The number of hydrogen-bond donors (Lipinski definition) is 0. The van der Waals surface area contributed by atoms with Crippen molar-refractivity contribution in [3.8, 4) is 23.3 Å². The van der Waals surface area contributed by atoms with Crippen LogP contribution in [0.3, 0.4) is 0 Å². The smallest absolute Gasteiger partial charge is 0.265 e. The maximum atomic E-state index is 13.7. The molecule has 244 valence electrons. The Kier molecular flexibility index (Phi) is 10.2. The van der Waals surface area contributed by atoms with Crippen LogP contribution in [-0.2, 0) is 0 Å². The lowest BCUT2D eigenvalue weighted by Crippen LogP contribution is -2.37. The van der Waals surface area contributed by atoms with Crippen LogP contribution >= 0.6 is 0 Å². The molecule has 51 heavy (non-hydrogen) atoms. The zero-order valence-corrected chi connectivity index (χ0v) is 28.1. The van der Waals surface area contributed by atoms with Crippen LogP contribution in [0.4, 0.5) is 11.4 Å². The van der Waals surface area contributed by atoms with Gasteiger partial charge >= 0.3 is 0 Å². The summed E-state index contributed by atoms with van der Waals surface area (Å²) in [7, 11) is 0. The van der Waals surface area contributed by atoms with Crippen LogP contribution in [0.1, 0.15) is 54.1 Å². The first-order valence-corrected chi connectivity index (χ1v) is 16.3. The Morgan fingerprint density at radius 3 is 1.53 bits per heavy atom. The number of anilines is 1. The first-order valence-electron chi connectivity index (χ1n) is 16.3. The molecule has 0 bridgehead atoms. The van der Waals surface area contributed by atoms with Crippen LogP contribution in [-0.4, -0.2) is 18.0 Å². The molecule has 2 amide bonds. The Bertz CT molecular complexity index is 2270. The third-order valence-corrected chi connectivity index (χ3v) is 8.38. The lowest BCUT2D eigenvalue weighted by Gasteiger charge is -2.22. The molecule has 0 atom stereocenters. The Balaban J connectivity index is 1.19. The number of imide groups is 1. The zero-order chi connectivity index (χ0) is 35.7. The number of benzene rings is 6. The van der Waals surface area contributed by atoms with E-state index in [0.29, 0.717) is 28.0 Å². The topological polar surface area (TPSA) is 97.3 Å². The largest absolute Gasteiger partial charge is 0.268 e. The molecule has 0 aliphatic heterocycles. The number of nitrogens with zero attached hydrogens (tertiary/aromatic N) is 4. The summed E-state index contributed by atoms with van der Waals surface area (Å²) >= 11 is 0. The minimum Gasteiger partial charge on any atom is -0.268 e. The van der Waals surface area contributed by atoms with Crippen LogP contribution in [0.5, 0.6) is 0 Å². The molecule has 0 aliphatic carbocycles. The molecule has 6 rings (SSSR count). The Hall–Kier alpha value is -7.15. The molecule has 6 aromatic rings. The van der Waals surface area contributed by atoms with E-state index in [1.165, 1.54) is 4.90 Å². The second-order valence-electron chi connectivity index (χ2n) is 12.1. The van der Waals surface area contributed by atoms with E-state index in [1.807, 2.05) is 98.8 Å². The van der Waals surface area contributed by atoms with E-state index in [9.17, 15) is 14.9 Å². The molecule has 0 spiro atoms. The van der Waals surface area contributed by atoms with E-state index in [4.69, 9.17) is 5.26 Å². The van der Waals surface area contributed by atoms with E-state index in [0.717, 1.165) is 44.6 Å². The number of allylic oxidation sites excluding steroid dienone is 1. The molecule has 6 heteroatoms. The predicted octanol–water partition coefficient (Wildman–Crippen LogP) is 10.1. The van der Waals surface area contributed by atoms with Crippen LogP contribution in [0.2, 0.25) is 0 Å². The molecule has 0 heterocycles.